The van der Waals surface area contributed by atoms with Gasteiger partial charge in [-0.2, -0.15) is 0 Å². The number of carbonyl (C=O) groups is 1. The number of aliphatic hydroxyl groups is 1. The number of pyridine rings is 1. The second kappa shape index (κ2) is 10.1. The Labute approximate surface area is 175 Å². The summed E-state index contributed by atoms with van der Waals surface area (Å²) in [6, 6.07) is 19.7. The highest BCUT2D eigenvalue weighted by molar-refractivity contribution is 6.10. The molecule has 148 valence electrons. The summed E-state index contributed by atoms with van der Waals surface area (Å²) in [7, 11) is 0. The number of aromatic nitrogens is 1. The van der Waals surface area contributed by atoms with Gasteiger partial charge in [-0.3, -0.25) is 4.79 Å². The molecule has 1 N–H and O–H groups in total. The van der Waals surface area contributed by atoms with E-state index in [0.29, 0.717) is 23.4 Å². The number of hydrogen-bond donors (Lipinski definition) is 1. The molecule has 1 heterocycles. The van der Waals surface area contributed by atoms with Crippen molar-refractivity contribution in [3.05, 3.63) is 118 Å². The van der Waals surface area contributed by atoms with E-state index in [1.807, 2.05) is 35.2 Å². The highest BCUT2D eigenvalue weighted by atomic mass is 16.3. The van der Waals surface area contributed by atoms with Crippen molar-refractivity contribution in [2.75, 3.05) is 6.61 Å². The van der Waals surface area contributed by atoms with Crippen molar-refractivity contribution in [3.8, 4) is 0 Å². The minimum atomic E-state index is -0.766. The van der Waals surface area contributed by atoms with E-state index in [1.165, 1.54) is 0 Å². The molecule has 1 aromatic heterocycles. The summed E-state index contributed by atoms with van der Waals surface area (Å²) < 4.78 is 1.86. The van der Waals surface area contributed by atoms with Crippen molar-refractivity contribution in [2.45, 2.75) is 12.5 Å². The molecule has 0 aliphatic carbocycles. The van der Waals surface area contributed by atoms with Crippen LogP contribution in [-0.4, -0.2) is 23.7 Å². The second-order valence-corrected chi connectivity index (χ2v) is 6.71. The van der Waals surface area contributed by atoms with Crippen molar-refractivity contribution in [3.63, 3.8) is 0 Å². The minimum Gasteiger partial charge on any atom is -0.813 e. The van der Waals surface area contributed by atoms with E-state index in [4.69, 9.17) is 11.7 Å². The van der Waals surface area contributed by atoms with Gasteiger partial charge in [-0.25, -0.2) is 15.6 Å². The Balaban J connectivity index is 1.83. The Morgan fingerprint density at radius 3 is 2.27 bits per heavy atom. The lowest BCUT2D eigenvalue weighted by Gasteiger charge is -2.15. The van der Waals surface area contributed by atoms with Gasteiger partial charge in [0, 0.05) is 23.6 Å². The first kappa shape index (κ1) is 20.8. The van der Waals surface area contributed by atoms with Gasteiger partial charge in [-0.05, 0) is 22.8 Å². The standard InChI is InChI=1S/C25H21N3O2/c1-27-24(17-19-11-13-28(14-12-19)15-16-29)21-9-7-20(8-10-21)23(18-26)25(30)22-5-3-2-4-6-22/h2-14,17-18,23,29H,15-16H2/b24-17-. The van der Waals surface area contributed by atoms with Crippen LogP contribution in [-0.2, 0) is 6.54 Å². The molecule has 0 amide bonds. The summed E-state index contributed by atoms with van der Waals surface area (Å²) in [5.74, 6) is -0.954. The van der Waals surface area contributed by atoms with Crippen LogP contribution < -0.4 is 4.57 Å². The lowest BCUT2D eigenvalue weighted by atomic mass is 9.91. The van der Waals surface area contributed by atoms with Crippen molar-refractivity contribution in [2.24, 2.45) is 0 Å². The third kappa shape index (κ3) is 4.93. The predicted molar refractivity (Wildman–Crippen MR) is 118 cm³/mol. The van der Waals surface area contributed by atoms with Gasteiger partial charge in [0.1, 0.15) is 6.61 Å². The van der Waals surface area contributed by atoms with E-state index in [1.54, 1.807) is 54.6 Å². The highest BCUT2D eigenvalue weighted by Gasteiger charge is 2.17. The lowest BCUT2D eigenvalue weighted by Crippen LogP contribution is -2.34. The minimum absolute atomic E-state index is 0.0680. The number of benzene rings is 2. The third-order valence-corrected chi connectivity index (χ3v) is 4.75. The molecule has 0 saturated carbocycles. The van der Waals surface area contributed by atoms with E-state index in [2.05, 4.69) is 4.85 Å². The fraction of sp³-hybridized carbons (Fsp3) is 0.120. The Bertz CT molecular complexity index is 1080. The molecule has 3 aromatic rings. The van der Waals surface area contributed by atoms with Crippen LogP contribution in [0.25, 0.3) is 22.0 Å². The molecule has 0 aliphatic rings. The Morgan fingerprint density at radius 1 is 1.03 bits per heavy atom. The smallest absolute Gasteiger partial charge is 0.194 e. The molecule has 5 nitrogen and oxygen atoms in total. The fourth-order valence-corrected chi connectivity index (χ4v) is 3.12. The maximum absolute atomic E-state index is 12.7. The number of nitrogens with zero attached hydrogens (tertiary/aromatic N) is 3. The molecule has 1 atom stereocenters. The Kier molecular flexibility index (Phi) is 6.99. The van der Waals surface area contributed by atoms with E-state index in [9.17, 15) is 10.2 Å². The first-order valence-corrected chi connectivity index (χ1v) is 9.52. The average Bonchev–Trinajstić information content (AvgIpc) is 2.80. The van der Waals surface area contributed by atoms with Crippen molar-refractivity contribution in [1.29, 1.82) is 0 Å². The van der Waals surface area contributed by atoms with Crippen LogP contribution >= 0.6 is 0 Å². The first-order chi connectivity index (χ1) is 14.7. The topological polar surface area (TPSA) is 67.8 Å². The zero-order valence-corrected chi connectivity index (χ0v) is 16.3. The van der Waals surface area contributed by atoms with Gasteiger partial charge in [-0.1, -0.05) is 54.6 Å². The largest absolute Gasteiger partial charge is 0.813 e. The maximum Gasteiger partial charge on any atom is 0.194 e. The SMILES string of the molecule is [C-]#[N+]/C(=C\c1cc[n+](CCO)cc1)c1ccc(C(C=[N-])C(=O)c2ccccc2)cc1. The zero-order valence-electron chi connectivity index (χ0n) is 16.3. The van der Waals surface area contributed by atoms with Gasteiger partial charge in [0.15, 0.2) is 30.4 Å². The Morgan fingerprint density at radius 2 is 1.70 bits per heavy atom. The monoisotopic (exact) mass is 395 g/mol. The summed E-state index contributed by atoms with van der Waals surface area (Å²) in [6.07, 6.45) is 6.39. The van der Waals surface area contributed by atoms with Crippen molar-refractivity contribution >= 4 is 23.8 Å². The molecule has 0 fully saturated rings. The molecule has 0 spiro atoms. The van der Waals surface area contributed by atoms with Crippen LogP contribution in [0.2, 0.25) is 0 Å². The second-order valence-electron chi connectivity index (χ2n) is 6.71. The van der Waals surface area contributed by atoms with Crippen LogP contribution in [0.5, 0.6) is 0 Å². The van der Waals surface area contributed by atoms with E-state index in [0.717, 1.165) is 17.3 Å². The normalized spacial score (nSPS) is 12.1. The van der Waals surface area contributed by atoms with Crippen molar-refractivity contribution in [1.82, 2.24) is 0 Å². The molecular weight excluding hydrogens is 374 g/mol. The zero-order chi connectivity index (χ0) is 21.3. The third-order valence-electron chi connectivity index (χ3n) is 4.75. The number of ketones is 1. The molecule has 0 saturated heterocycles. The van der Waals surface area contributed by atoms with Gasteiger partial charge < -0.3 is 10.5 Å². The van der Waals surface area contributed by atoms with E-state index >= 15 is 0 Å². The van der Waals surface area contributed by atoms with Gasteiger partial charge in [-0.15, -0.1) is 0 Å². The van der Waals surface area contributed by atoms with E-state index < -0.39 is 5.92 Å². The van der Waals surface area contributed by atoms with Gasteiger partial charge in [0.2, 0.25) is 0 Å². The van der Waals surface area contributed by atoms with Crippen LogP contribution in [0.4, 0.5) is 0 Å². The van der Waals surface area contributed by atoms with Crippen LogP contribution in [0, 0.1) is 6.57 Å². The number of hydrogen-bond acceptors (Lipinski definition) is 2. The quantitative estimate of drug-likeness (QED) is 0.271. The van der Waals surface area contributed by atoms with Gasteiger partial charge >= 0.3 is 0 Å². The summed E-state index contributed by atoms with van der Waals surface area (Å²) >= 11 is 0. The van der Waals surface area contributed by atoms with Gasteiger partial charge in [0.05, 0.1) is 6.57 Å². The maximum atomic E-state index is 12.7. The molecule has 1 unspecified atom stereocenters. The fourth-order valence-electron chi connectivity index (χ4n) is 3.12. The number of aliphatic hydroxyl groups excluding tert-OH is 1. The molecule has 3 rings (SSSR count). The lowest BCUT2D eigenvalue weighted by molar-refractivity contribution is -0.698. The molecule has 0 aliphatic heterocycles. The van der Waals surface area contributed by atoms with Crippen LogP contribution in [0.3, 0.4) is 0 Å². The molecule has 5 heteroatoms. The summed E-state index contributed by atoms with van der Waals surface area (Å²) in [5.41, 5.74) is 3.26. The molecule has 0 bridgehead atoms. The Hall–Kier alpha value is -3.88. The summed E-state index contributed by atoms with van der Waals surface area (Å²) in [6.45, 7) is 8.12. The molecule has 30 heavy (non-hydrogen) atoms. The van der Waals surface area contributed by atoms with Crippen LogP contribution in [0.15, 0.2) is 79.1 Å². The predicted octanol–water partition coefficient (Wildman–Crippen LogP) is 3.99. The van der Waals surface area contributed by atoms with Crippen LogP contribution in [0.1, 0.15) is 33.0 Å². The number of rotatable bonds is 8. The first-order valence-electron chi connectivity index (χ1n) is 9.52. The summed E-state index contributed by atoms with van der Waals surface area (Å²) in [4.78, 5) is 16.3. The molecular formula is C25H21N3O2. The average molecular weight is 395 g/mol. The highest BCUT2D eigenvalue weighted by Crippen LogP contribution is 2.24. The van der Waals surface area contributed by atoms with Gasteiger partial charge in [0.25, 0.3) is 0 Å². The van der Waals surface area contributed by atoms with Crippen molar-refractivity contribution < 1.29 is 14.5 Å². The number of carbonyl (C=O) groups excluding carboxylic acids is 1. The molecule has 2 aromatic carbocycles. The molecule has 0 radical (unpaired) electrons. The summed E-state index contributed by atoms with van der Waals surface area (Å²) in [5, 5.41) is 18.7. The number of Topliss-reactive ketones (excluding diaryl/α,β-unsaturated/α-hetero) is 1. The van der Waals surface area contributed by atoms with E-state index in [-0.39, 0.29) is 12.4 Å².